The Kier molecular flexibility index (Phi) is 6.21. The summed E-state index contributed by atoms with van der Waals surface area (Å²) in [5.41, 5.74) is 0.320. The number of esters is 1. The van der Waals surface area contributed by atoms with Crippen LogP contribution in [0, 0.1) is 0 Å². The maximum absolute atomic E-state index is 12.8. The minimum atomic E-state index is -4.50. The molecule has 8 heteroatoms. The topological polar surface area (TPSA) is 58.9 Å². The summed E-state index contributed by atoms with van der Waals surface area (Å²) in [4.78, 5) is 14.1. The fourth-order valence-electron chi connectivity index (χ4n) is 2.21. The van der Waals surface area contributed by atoms with Gasteiger partial charge in [-0.2, -0.15) is 18.2 Å². The van der Waals surface area contributed by atoms with Crippen LogP contribution in [0.2, 0.25) is 0 Å². The van der Waals surface area contributed by atoms with Crippen molar-refractivity contribution in [1.82, 2.24) is 0 Å². The quantitative estimate of drug-likeness (QED) is 0.446. The van der Waals surface area contributed by atoms with Gasteiger partial charge in [-0.1, -0.05) is 24.3 Å². The molecule has 2 aromatic rings. The fraction of sp³-hybridized carbons (Fsp3) is 0.222. The van der Waals surface area contributed by atoms with Gasteiger partial charge in [0.05, 0.1) is 26.5 Å². The SMILES string of the molecule is CO/C=C(/C(=O)OC)c1ccccc1COc1cccc(C(F)(F)F)[nH+]1. The molecule has 0 spiro atoms. The first-order chi connectivity index (χ1) is 12.4. The summed E-state index contributed by atoms with van der Waals surface area (Å²) in [7, 11) is 2.63. The van der Waals surface area contributed by atoms with Crippen molar-refractivity contribution in [1.29, 1.82) is 0 Å². The second-order valence-corrected chi connectivity index (χ2v) is 5.13. The average Bonchev–Trinajstić information content (AvgIpc) is 2.64. The highest BCUT2D eigenvalue weighted by molar-refractivity contribution is 6.16. The smallest absolute Gasteiger partial charge is 0.477 e. The first-order valence-electron chi connectivity index (χ1n) is 7.48. The standard InChI is InChI=1S/C18H16F3NO4/c1-24-11-14(17(23)25-2)13-7-4-3-6-12(13)10-26-16-9-5-8-15(22-16)18(19,20)21/h3-9,11H,10H2,1-2H3/p+1/b14-11+. The average molecular weight is 368 g/mol. The van der Waals surface area contributed by atoms with Crippen LogP contribution in [0.1, 0.15) is 16.8 Å². The molecule has 0 unspecified atom stereocenters. The third-order valence-corrected chi connectivity index (χ3v) is 3.41. The van der Waals surface area contributed by atoms with E-state index in [2.05, 4.69) is 4.98 Å². The van der Waals surface area contributed by atoms with E-state index in [9.17, 15) is 18.0 Å². The molecule has 0 amide bonds. The minimum Gasteiger partial charge on any atom is -0.503 e. The molecular weight excluding hydrogens is 351 g/mol. The normalized spacial score (nSPS) is 11.8. The lowest BCUT2D eigenvalue weighted by molar-refractivity contribution is -0.438. The van der Waals surface area contributed by atoms with E-state index in [-0.39, 0.29) is 18.1 Å². The van der Waals surface area contributed by atoms with E-state index in [0.717, 1.165) is 6.07 Å². The van der Waals surface area contributed by atoms with E-state index < -0.39 is 17.8 Å². The van der Waals surface area contributed by atoms with Crippen molar-refractivity contribution in [2.45, 2.75) is 12.8 Å². The Morgan fingerprint density at radius 3 is 2.50 bits per heavy atom. The van der Waals surface area contributed by atoms with Gasteiger partial charge in [-0.3, -0.25) is 0 Å². The molecule has 0 bridgehead atoms. The molecule has 1 N–H and O–H groups in total. The lowest BCUT2D eigenvalue weighted by atomic mass is 10.0. The van der Waals surface area contributed by atoms with Gasteiger partial charge in [0.1, 0.15) is 12.2 Å². The number of carbonyl (C=O) groups is 1. The molecule has 0 saturated carbocycles. The van der Waals surface area contributed by atoms with E-state index in [1.165, 1.54) is 32.6 Å². The number of methoxy groups -OCH3 is 2. The lowest BCUT2D eigenvalue weighted by Gasteiger charge is -2.11. The van der Waals surface area contributed by atoms with Crippen molar-refractivity contribution < 1.29 is 37.2 Å². The predicted molar refractivity (Wildman–Crippen MR) is 85.8 cm³/mol. The number of pyridine rings is 1. The highest BCUT2D eigenvalue weighted by atomic mass is 19.4. The largest absolute Gasteiger partial charge is 0.503 e. The second kappa shape index (κ2) is 8.37. The predicted octanol–water partition coefficient (Wildman–Crippen LogP) is 3.26. The Bertz CT molecular complexity index is 803. The van der Waals surface area contributed by atoms with Crippen LogP contribution in [-0.4, -0.2) is 20.2 Å². The van der Waals surface area contributed by atoms with Crippen molar-refractivity contribution in [3.63, 3.8) is 0 Å². The molecule has 0 fully saturated rings. The molecule has 1 aromatic carbocycles. The number of ether oxygens (including phenoxy) is 3. The summed E-state index contributed by atoms with van der Waals surface area (Å²) >= 11 is 0. The Morgan fingerprint density at radius 2 is 1.85 bits per heavy atom. The first kappa shape index (κ1) is 19.3. The van der Waals surface area contributed by atoms with Gasteiger partial charge in [-0.05, 0) is 17.2 Å². The Labute approximate surface area is 148 Å². The van der Waals surface area contributed by atoms with Gasteiger partial charge < -0.3 is 14.2 Å². The van der Waals surface area contributed by atoms with Gasteiger partial charge in [0.25, 0.3) is 5.69 Å². The summed E-state index contributed by atoms with van der Waals surface area (Å²) in [6.07, 6.45) is -3.27. The van der Waals surface area contributed by atoms with Crippen LogP contribution in [0.15, 0.2) is 48.7 Å². The fourth-order valence-corrected chi connectivity index (χ4v) is 2.21. The zero-order valence-corrected chi connectivity index (χ0v) is 14.1. The van der Waals surface area contributed by atoms with E-state index in [1.807, 2.05) is 0 Å². The third-order valence-electron chi connectivity index (χ3n) is 3.41. The number of hydrogen-bond acceptors (Lipinski definition) is 4. The third kappa shape index (κ3) is 4.75. The lowest BCUT2D eigenvalue weighted by Crippen LogP contribution is -2.22. The van der Waals surface area contributed by atoms with Crippen molar-refractivity contribution >= 4 is 11.5 Å². The molecule has 0 aliphatic rings. The molecule has 0 atom stereocenters. The van der Waals surface area contributed by atoms with E-state index in [1.54, 1.807) is 24.3 Å². The van der Waals surface area contributed by atoms with Gasteiger partial charge >= 0.3 is 18.0 Å². The zero-order valence-electron chi connectivity index (χ0n) is 14.1. The molecule has 138 valence electrons. The Balaban J connectivity index is 2.26. The number of halogens is 3. The van der Waals surface area contributed by atoms with Crippen LogP contribution in [0.3, 0.4) is 0 Å². The number of hydrogen-bond donors (Lipinski definition) is 0. The summed E-state index contributed by atoms with van der Waals surface area (Å²) < 4.78 is 53.3. The highest BCUT2D eigenvalue weighted by Gasteiger charge is 2.38. The monoisotopic (exact) mass is 368 g/mol. The summed E-state index contributed by atoms with van der Waals surface area (Å²) in [6.45, 7) is -0.0635. The molecule has 0 saturated heterocycles. The molecule has 26 heavy (non-hydrogen) atoms. The van der Waals surface area contributed by atoms with Crippen molar-refractivity contribution in [3.05, 3.63) is 65.5 Å². The van der Waals surface area contributed by atoms with E-state index in [0.29, 0.717) is 11.1 Å². The maximum Gasteiger partial charge on any atom is 0.477 e. The summed E-state index contributed by atoms with van der Waals surface area (Å²) in [5, 5.41) is 0. The van der Waals surface area contributed by atoms with Crippen molar-refractivity contribution in [3.8, 4) is 5.88 Å². The maximum atomic E-state index is 12.8. The zero-order chi connectivity index (χ0) is 19.2. The number of nitrogens with one attached hydrogen (secondary N) is 1. The minimum absolute atomic E-state index is 0.0510. The number of aromatic amines is 1. The van der Waals surface area contributed by atoms with Crippen LogP contribution in [0.25, 0.3) is 5.57 Å². The van der Waals surface area contributed by atoms with Crippen molar-refractivity contribution in [2.24, 2.45) is 0 Å². The Hall–Kier alpha value is -3.03. The number of carbonyl (C=O) groups excluding carboxylic acids is 1. The molecule has 2 rings (SSSR count). The number of benzene rings is 1. The number of rotatable bonds is 6. The molecule has 0 radical (unpaired) electrons. The van der Waals surface area contributed by atoms with Crippen molar-refractivity contribution in [2.75, 3.05) is 14.2 Å². The molecule has 0 aliphatic carbocycles. The van der Waals surface area contributed by atoms with Crippen LogP contribution in [0.5, 0.6) is 5.88 Å². The first-order valence-corrected chi connectivity index (χ1v) is 7.48. The van der Waals surface area contributed by atoms with Gasteiger partial charge in [-0.25, -0.2) is 4.79 Å². The van der Waals surface area contributed by atoms with Crippen LogP contribution in [0.4, 0.5) is 13.2 Å². The second-order valence-electron chi connectivity index (χ2n) is 5.13. The number of H-pyrrole nitrogens is 1. The molecular formula is C18H17F3NO4+. The van der Waals surface area contributed by atoms with Crippen LogP contribution < -0.4 is 9.72 Å². The van der Waals surface area contributed by atoms with E-state index in [4.69, 9.17) is 14.2 Å². The number of aromatic nitrogens is 1. The van der Waals surface area contributed by atoms with E-state index >= 15 is 0 Å². The number of alkyl halides is 3. The van der Waals surface area contributed by atoms with Gasteiger partial charge in [0, 0.05) is 6.07 Å². The van der Waals surface area contributed by atoms with Crippen LogP contribution in [-0.2, 0) is 27.1 Å². The Morgan fingerprint density at radius 1 is 1.12 bits per heavy atom. The highest BCUT2D eigenvalue weighted by Crippen LogP contribution is 2.26. The molecule has 0 aliphatic heterocycles. The molecule has 5 nitrogen and oxygen atoms in total. The van der Waals surface area contributed by atoms with Gasteiger partial charge in [0.2, 0.25) is 0 Å². The molecule has 1 aromatic heterocycles. The summed E-state index contributed by atoms with van der Waals surface area (Å²) in [6, 6.07) is 10.3. The summed E-state index contributed by atoms with van der Waals surface area (Å²) in [5.74, 6) is -0.658. The van der Waals surface area contributed by atoms with Gasteiger partial charge in [0.15, 0.2) is 0 Å². The van der Waals surface area contributed by atoms with Gasteiger partial charge in [-0.15, -0.1) is 0 Å². The molecule has 1 heterocycles. The van der Waals surface area contributed by atoms with Crippen LogP contribution >= 0.6 is 0 Å².